The lowest BCUT2D eigenvalue weighted by molar-refractivity contribution is 0.410. The van der Waals surface area contributed by atoms with E-state index in [1.54, 1.807) is 0 Å². The van der Waals surface area contributed by atoms with Gasteiger partial charge in [0, 0.05) is 0 Å². The van der Waals surface area contributed by atoms with Crippen LogP contribution in [0.4, 0.5) is 0 Å². The molecule has 0 saturated heterocycles. The van der Waals surface area contributed by atoms with Crippen molar-refractivity contribution in [2.24, 2.45) is 5.92 Å². The average molecular weight is 140 g/mol. The standard InChI is InChI=1S/C7H13BO2/c1-6-3-2-4-7(5-6)8(9)10/h5-6,9-10H,2-4H2,1H3/t6-/m0/s1. The van der Waals surface area contributed by atoms with Crippen molar-refractivity contribution >= 4 is 7.12 Å². The Kier molecular flexibility index (Phi) is 2.52. The molecular weight excluding hydrogens is 127 g/mol. The average Bonchev–Trinajstić information content (AvgIpc) is 1.88. The third-order valence-electron chi connectivity index (χ3n) is 1.96. The quantitative estimate of drug-likeness (QED) is 0.527. The van der Waals surface area contributed by atoms with Crippen molar-refractivity contribution in [3.8, 4) is 0 Å². The van der Waals surface area contributed by atoms with Crippen LogP contribution in [0.2, 0.25) is 0 Å². The Labute approximate surface area is 61.7 Å². The van der Waals surface area contributed by atoms with Gasteiger partial charge in [-0.3, -0.25) is 0 Å². The zero-order valence-electron chi connectivity index (χ0n) is 6.25. The smallest absolute Gasteiger partial charge is 0.423 e. The van der Waals surface area contributed by atoms with Crippen molar-refractivity contribution < 1.29 is 10.0 Å². The van der Waals surface area contributed by atoms with Gasteiger partial charge in [0.25, 0.3) is 0 Å². The summed E-state index contributed by atoms with van der Waals surface area (Å²) in [5.41, 5.74) is 0.791. The minimum Gasteiger partial charge on any atom is -0.423 e. The Hall–Kier alpha value is -0.275. The third kappa shape index (κ3) is 1.85. The van der Waals surface area contributed by atoms with Crippen LogP contribution in [0.3, 0.4) is 0 Å². The molecule has 0 spiro atoms. The van der Waals surface area contributed by atoms with Crippen LogP contribution in [0.1, 0.15) is 26.2 Å². The van der Waals surface area contributed by atoms with E-state index in [0.29, 0.717) is 5.92 Å². The fourth-order valence-electron chi connectivity index (χ4n) is 1.38. The molecule has 0 aromatic heterocycles. The number of hydrogen-bond acceptors (Lipinski definition) is 2. The van der Waals surface area contributed by atoms with Gasteiger partial charge in [0.15, 0.2) is 0 Å². The fraction of sp³-hybridized carbons (Fsp3) is 0.714. The van der Waals surface area contributed by atoms with Gasteiger partial charge in [0.1, 0.15) is 0 Å². The maximum atomic E-state index is 8.78. The number of hydrogen-bond donors (Lipinski definition) is 2. The van der Waals surface area contributed by atoms with Crippen LogP contribution in [0.25, 0.3) is 0 Å². The zero-order chi connectivity index (χ0) is 7.56. The molecule has 0 amide bonds. The van der Waals surface area contributed by atoms with Crippen LogP contribution < -0.4 is 0 Å². The van der Waals surface area contributed by atoms with Gasteiger partial charge in [-0.05, 0) is 30.7 Å². The van der Waals surface area contributed by atoms with Gasteiger partial charge < -0.3 is 10.0 Å². The second kappa shape index (κ2) is 3.22. The van der Waals surface area contributed by atoms with Crippen LogP contribution in [-0.2, 0) is 0 Å². The largest absolute Gasteiger partial charge is 0.483 e. The molecule has 1 aliphatic rings. The molecule has 3 heteroatoms. The van der Waals surface area contributed by atoms with E-state index in [2.05, 4.69) is 6.92 Å². The van der Waals surface area contributed by atoms with Crippen molar-refractivity contribution in [3.63, 3.8) is 0 Å². The second-order valence-corrected chi connectivity index (χ2v) is 2.98. The number of rotatable bonds is 1. The third-order valence-corrected chi connectivity index (χ3v) is 1.96. The maximum absolute atomic E-state index is 8.78. The summed E-state index contributed by atoms with van der Waals surface area (Å²) >= 11 is 0. The molecule has 0 aliphatic heterocycles. The highest BCUT2D eigenvalue weighted by molar-refractivity contribution is 6.50. The molecule has 56 valence electrons. The molecule has 2 N–H and O–H groups in total. The van der Waals surface area contributed by atoms with Gasteiger partial charge in [-0.15, -0.1) is 0 Å². The van der Waals surface area contributed by atoms with Gasteiger partial charge >= 0.3 is 7.12 Å². The molecular formula is C7H13BO2. The lowest BCUT2D eigenvalue weighted by Gasteiger charge is -2.16. The monoisotopic (exact) mass is 140 g/mol. The molecule has 0 saturated carbocycles. The SMILES string of the molecule is C[C@@H]1C=C(B(O)O)CCC1. The Morgan fingerprint density at radius 1 is 1.60 bits per heavy atom. The first-order valence-electron chi connectivity index (χ1n) is 3.77. The molecule has 0 bridgehead atoms. The van der Waals surface area contributed by atoms with E-state index in [9.17, 15) is 0 Å². The second-order valence-electron chi connectivity index (χ2n) is 2.98. The van der Waals surface area contributed by atoms with Crippen molar-refractivity contribution in [2.75, 3.05) is 0 Å². The Morgan fingerprint density at radius 3 is 2.70 bits per heavy atom. The first kappa shape index (κ1) is 7.83. The summed E-state index contributed by atoms with van der Waals surface area (Å²) in [5, 5.41) is 17.6. The van der Waals surface area contributed by atoms with E-state index in [1.165, 1.54) is 6.42 Å². The highest BCUT2D eigenvalue weighted by Gasteiger charge is 2.18. The lowest BCUT2D eigenvalue weighted by Crippen LogP contribution is -2.18. The molecule has 0 radical (unpaired) electrons. The molecule has 0 aromatic carbocycles. The summed E-state index contributed by atoms with van der Waals surface area (Å²) in [4.78, 5) is 0. The van der Waals surface area contributed by atoms with E-state index in [1.807, 2.05) is 6.08 Å². The Balaban J connectivity index is 2.57. The maximum Gasteiger partial charge on any atom is 0.483 e. The number of allylic oxidation sites excluding steroid dienone is 2. The molecule has 2 nitrogen and oxygen atoms in total. The summed E-state index contributed by atoms with van der Waals surface area (Å²) in [7, 11) is -1.22. The molecule has 10 heavy (non-hydrogen) atoms. The minimum absolute atomic E-state index is 0.519. The van der Waals surface area contributed by atoms with Crippen LogP contribution >= 0.6 is 0 Å². The Morgan fingerprint density at radius 2 is 2.30 bits per heavy atom. The van der Waals surface area contributed by atoms with Crippen LogP contribution in [0.5, 0.6) is 0 Å². The predicted octanol–water partition coefficient (Wildman–Crippen LogP) is 0.745. The minimum atomic E-state index is -1.22. The van der Waals surface area contributed by atoms with Crippen LogP contribution in [0.15, 0.2) is 11.5 Å². The van der Waals surface area contributed by atoms with Gasteiger partial charge in [-0.1, -0.05) is 13.0 Å². The Bertz CT molecular complexity index is 143. The fourth-order valence-corrected chi connectivity index (χ4v) is 1.38. The predicted molar refractivity (Wildman–Crippen MR) is 41.3 cm³/mol. The normalized spacial score (nSPS) is 25.9. The molecule has 1 atom stereocenters. The summed E-state index contributed by atoms with van der Waals surface area (Å²) in [6.07, 6.45) is 5.08. The highest BCUT2D eigenvalue weighted by atomic mass is 16.4. The summed E-state index contributed by atoms with van der Waals surface area (Å²) in [6, 6.07) is 0. The highest BCUT2D eigenvalue weighted by Crippen LogP contribution is 2.22. The van der Waals surface area contributed by atoms with Crippen molar-refractivity contribution in [1.82, 2.24) is 0 Å². The molecule has 1 rings (SSSR count). The zero-order valence-corrected chi connectivity index (χ0v) is 6.25. The first-order valence-corrected chi connectivity index (χ1v) is 3.77. The van der Waals surface area contributed by atoms with Crippen molar-refractivity contribution in [2.45, 2.75) is 26.2 Å². The topological polar surface area (TPSA) is 40.5 Å². The van der Waals surface area contributed by atoms with E-state index >= 15 is 0 Å². The molecule has 0 unspecified atom stereocenters. The van der Waals surface area contributed by atoms with E-state index in [-0.39, 0.29) is 0 Å². The lowest BCUT2D eigenvalue weighted by atomic mass is 9.72. The molecule has 0 fully saturated rings. The summed E-state index contributed by atoms with van der Waals surface area (Å²) in [5.74, 6) is 0.519. The van der Waals surface area contributed by atoms with Gasteiger partial charge in [-0.25, -0.2) is 0 Å². The van der Waals surface area contributed by atoms with Gasteiger partial charge in [0.2, 0.25) is 0 Å². The molecule has 1 aliphatic carbocycles. The van der Waals surface area contributed by atoms with Crippen LogP contribution in [-0.4, -0.2) is 17.2 Å². The summed E-state index contributed by atoms with van der Waals surface area (Å²) in [6.45, 7) is 2.10. The molecule has 0 heterocycles. The van der Waals surface area contributed by atoms with E-state index in [0.717, 1.165) is 18.3 Å². The molecule has 0 aromatic rings. The summed E-state index contributed by atoms with van der Waals surface area (Å²) < 4.78 is 0. The first-order chi connectivity index (χ1) is 4.70. The van der Waals surface area contributed by atoms with Gasteiger partial charge in [-0.2, -0.15) is 0 Å². The van der Waals surface area contributed by atoms with E-state index in [4.69, 9.17) is 10.0 Å². The van der Waals surface area contributed by atoms with Gasteiger partial charge in [0.05, 0.1) is 0 Å². The van der Waals surface area contributed by atoms with Crippen molar-refractivity contribution in [1.29, 1.82) is 0 Å². The van der Waals surface area contributed by atoms with Crippen LogP contribution in [0, 0.1) is 5.92 Å². The van der Waals surface area contributed by atoms with Crippen molar-refractivity contribution in [3.05, 3.63) is 11.5 Å². The van der Waals surface area contributed by atoms with E-state index < -0.39 is 7.12 Å².